The average Bonchev–Trinajstić information content (AvgIpc) is 2.60. The highest BCUT2D eigenvalue weighted by Crippen LogP contribution is 2.29. The molecule has 0 aliphatic carbocycles. The number of hydrogen-bond donors (Lipinski definition) is 1. The number of rotatable bonds is 10. The van der Waals surface area contributed by atoms with Crippen molar-refractivity contribution >= 4 is 28.8 Å². The lowest BCUT2D eigenvalue weighted by atomic mass is 9.95. The van der Waals surface area contributed by atoms with Crippen molar-refractivity contribution in [2.75, 3.05) is 0 Å². The molecule has 24 heavy (non-hydrogen) atoms. The van der Waals surface area contributed by atoms with Crippen molar-refractivity contribution in [3.8, 4) is 16.9 Å². The number of aromatic hydroxyl groups is 1. The van der Waals surface area contributed by atoms with Crippen molar-refractivity contribution in [2.24, 2.45) is 0 Å². The summed E-state index contributed by atoms with van der Waals surface area (Å²) in [4.78, 5) is 0. The minimum atomic E-state index is 0.373. The van der Waals surface area contributed by atoms with Gasteiger partial charge in [0, 0.05) is 0 Å². The summed E-state index contributed by atoms with van der Waals surface area (Å²) in [5.74, 6) is 0.373. The van der Waals surface area contributed by atoms with Gasteiger partial charge in [-0.2, -0.15) is 0 Å². The van der Waals surface area contributed by atoms with Crippen molar-refractivity contribution in [3.05, 3.63) is 53.6 Å². The Kier molecular flexibility index (Phi) is 8.89. The zero-order valence-corrected chi connectivity index (χ0v) is 17.7. The number of aryl methyl sites for hydroxylation is 2. The standard InChI is InChI=1S/C21H27IOSi/c1-2-3-4-5-7-17-9-11-18(12-10-17)21-14-13-20(23)16-19(21)8-6-15-24-22/h9-14,16,23H,2-8,15H2,1H3. The van der Waals surface area contributed by atoms with Crippen LogP contribution in [-0.4, -0.2) is 12.1 Å². The highest BCUT2D eigenvalue weighted by Gasteiger charge is 2.07. The Hall–Kier alpha value is -0.813. The smallest absolute Gasteiger partial charge is 0.130 e. The molecule has 0 saturated carbocycles. The Labute approximate surface area is 161 Å². The Morgan fingerprint density at radius 1 is 0.917 bits per heavy atom. The molecule has 3 heteroatoms. The molecule has 0 unspecified atom stereocenters. The predicted octanol–water partition coefficient (Wildman–Crippen LogP) is 6.59. The molecule has 0 aliphatic rings. The van der Waals surface area contributed by atoms with Gasteiger partial charge < -0.3 is 5.11 Å². The molecule has 0 atom stereocenters. The van der Waals surface area contributed by atoms with Crippen LogP contribution < -0.4 is 0 Å². The number of hydrogen-bond acceptors (Lipinski definition) is 1. The fraction of sp³-hybridized carbons (Fsp3) is 0.429. The van der Waals surface area contributed by atoms with Crippen LogP contribution in [0.15, 0.2) is 42.5 Å². The van der Waals surface area contributed by atoms with E-state index in [1.807, 2.05) is 6.07 Å². The Morgan fingerprint density at radius 2 is 1.71 bits per heavy atom. The van der Waals surface area contributed by atoms with E-state index in [4.69, 9.17) is 0 Å². The van der Waals surface area contributed by atoms with E-state index in [9.17, 15) is 5.11 Å². The minimum Gasteiger partial charge on any atom is -0.508 e. The number of benzene rings is 2. The Bertz CT molecular complexity index is 610. The molecule has 2 radical (unpaired) electrons. The summed E-state index contributed by atoms with van der Waals surface area (Å²) in [7, 11) is 0.975. The van der Waals surface area contributed by atoms with Crippen LogP contribution in [-0.2, 0) is 12.8 Å². The van der Waals surface area contributed by atoms with Gasteiger partial charge >= 0.3 is 0 Å². The first-order valence-electron chi connectivity index (χ1n) is 8.99. The van der Waals surface area contributed by atoms with Gasteiger partial charge in [-0.3, -0.25) is 0 Å². The molecule has 0 bridgehead atoms. The van der Waals surface area contributed by atoms with Crippen LogP contribution in [0, 0.1) is 0 Å². The molecular weight excluding hydrogens is 423 g/mol. The van der Waals surface area contributed by atoms with E-state index in [0.29, 0.717) is 5.75 Å². The fourth-order valence-corrected chi connectivity index (χ4v) is 4.48. The van der Waals surface area contributed by atoms with Gasteiger partial charge in [-0.1, -0.05) is 69.0 Å². The first-order chi connectivity index (χ1) is 11.7. The first kappa shape index (κ1) is 19.5. The molecule has 0 aromatic heterocycles. The third-order valence-corrected chi connectivity index (χ3v) is 6.55. The molecule has 2 aromatic rings. The molecule has 1 nitrogen and oxygen atoms in total. The fourth-order valence-electron chi connectivity index (χ4n) is 3.02. The molecule has 2 aromatic carbocycles. The topological polar surface area (TPSA) is 20.2 Å². The molecule has 0 spiro atoms. The van der Waals surface area contributed by atoms with Gasteiger partial charge in [-0.05, 0) is 53.6 Å². The zero-order chi connectivity index (χ0) is 17.2. The maximum absolute atomic E-state index is 9.83. The zero-order valence-electron chi connectivity index (χ0n) is 14.5. The van der Waals surface area contributed by atoms with Crippen molar-refractivity contribution < 1.29 is 5.11 Å². The number of phenols is 1. The summed E-state index contributed by atoms with van der Waals surface area (Å²) >= 11 is 2.45. The van der Waals surface area contributed by atoms with E-state index >= 15 is 0 Å². The maximum Gasteiger partial charge on any atom is 0.130 e. The van der Waals surface area contributed by atoms with E-state index in [0.717, 1.165) is 13.4 Å². The highest BCUT2D eigenvalue weighted by molar-refractivity contribution is 14.1. The van der Waals surface area contributed by atoms with E-state index in [-0.39, 0.29) is 0 Å². The minimum absolute atomic E-state index is 0.373. The molecule has 128 valence electrons. The third kappa shape index (κ3) is 6.24. The number of halogens is 1. The van der Waals surface area contributed by atoms with E-state index in [1.54, 1.807) is 6.07 Å². The van der Waals surface area contributed by atoms with Gasteiger partial charge in [0.05, 0.1) is 0 Å². The second kappa shape index (κ2) is 10.9. The van der Waals surface area contributed by atoms with E-state index in [2.05, 4.69) is 59.1 Å². The molecule has 0 saturated heterocycles. The van der Waals surface area contributed by atoms with Gasteiger partial charge in [0.1, 0.15) is 12.8 Å². The Balaban J connectivity index is 2.07. The van der Waals surface area contributed by atoms with Crippen LogP contribution in [0.2, 0.25) is 6.04 Å². The second-order valence-electron chi connectivity index (χ2n) is 6.34. The summed E-state index contributed by atoms with van der Waals surface area (Å²) in [6.45, 7) is 2.25. The van der Waals surface area contributed by atoms with Crippen molar-refractivity contribution in [3.63, 3.8) is 0 Å². The van der Waals surface area contributed by atoms with Crippen LogP contribution in [0.4, 0.5) is 0 Å². The first-order valence-corrected chi connectivity index (χ1v) is 13.3. The normalized spacial score (nSPS) is 10.9. The third-order valence-electron chi connectivity index (χ3n) is 4.39. The lowest BCUT2D eigenvalue weighted by molar-refractivity contribution is 0.474. The predicted molar refractivity (Wildman–Crippen MR) is 114 cm³/mol. The molecule has 0 amide bonds. The summed E-state index contributed by atoms with van der Waals surface area (Å²) in [5.41, 5.74) is 5.22. The van der Waals surface area contributed by atoms with Crippen molar-refractivity contribution in [1.82, 2.24) is 0 Å². The lowest BCUT2D eigenvalue weighted by Crippen LogP contribution is -1.92. The van der Waals surface area contributed by atoms with E-state index < -0.39 is 0 Å². The van der Waals surface area contributed by atoms with Crippen LogP contribution in [0.25, 0.3) is 11.1 Å². The summed E-state index contributed by atoms with van der Waals surface area (Å²) < 4.78 is 0. The van der Waals surface area contributed by atoms with Gasteiger partial charge in [0.2, 0.25) is 0 Å². The molecule has 1 N–H and O–H groups in total. The molecule has 0 aliphatic heterocycles. The summed E-state index contributed by atoms with van der Waals surface area (Å²) in [5, 5.41) is 9.83. The summed E-state index contributed by atoms with van der Waals surface area (Å²) in [6.07, 6.45) is 8.66. The monoisotopic (exact) mass is 450 g/mol. The highest BCUT2D eigenvalue weighted by atomic mass is 127. The Morgan fingerprint density at radius 3 is 2.42 bits per heavy atom. The SMILES string of the molecule is CCCCCCc1ccc(-c2ccc(O)cc2CCC[Si]I)cc1. The quantitative estimate of drug-likeness (QED) is 0.187. The lowest BCUT2D eigenvalue weighted by Gasteiger charge is -2.11. The van der Waals surface area contributed by atoms with Crippen molar-refractivity contribution in [2.45, 2.75) is 57.9 Å². The van der Waals surface area contributed by atoms with Crippen molar-refractivity contribution in [1.29, 1.82) is 0 Å². The number of phenolic OH excluding ortho intramolecular Hbond substituents is 1. The van der Waals surface area contributed by atoms with E-state index in [1.165, 1.54) is 66.8 Å². The molecule has 0 heterocycles. The second-order valence-corrected chi connectivity index (χ2v) is 9.39. The number of unbranched alkanes of at least 4 members (excludes halogenated alkanes) is 3. The van der Waals surface area contributed by atoms with Crippen LogP contribution in [0.3, 0.4) is 0 Å². The largest absolute Gasteiger partial charge is 0.508 e. The van der Waals surface area contributed by atoms with Gasteiger partial charge in [-0.25, -0.2) is 0 Å². The van der Waals surface area contributed by atoms with Crippen LogP contribution in [0.1, 0.15) is 50.2 Å². The van der Waals surface area contributed by atoms with Crippen LogP contribution in [0.5, 0.6) is 5.75 Å². The average molecular weight is 450 g/mol. The maximum atomic E-state index is 9.83. The van der Waals surface area contributed by atoms with Gasteiger partial charge in [0.25, 0.3) is 0 Å². The molecule has 2 rings (SSSR count). The van der Waals surface area contributed by atoms with Gasteiger partial charge in [0.15, 0.2) is 0 Å². The van der Waals surface area contributed by atoms with Gasteiger partial charge in [-0.15, -0.1) is 21.8 Å². The molecular formula is C21H27IOSi. The van der Waals surface area contributed by atoms with Crippen LogP contribution >= 0.6 is 21.8 Å². The summed E-state index contributed by atoms with van der Waals surface area (Å²) in [6, 6.07) is 16.1. The molecule has 0 fully saturated rings.